The van der Waals surface area contributed by atoms with Crippen molar-refractivity contribution in [3.8, 4) is 11.5 Å². The van der Waals surface area contributed by atoms with Gasteiger partial charge in [-0.05, 0) is 30.7 Å². The van der Waals surface area contributed by atoms with Crippen LogP contribution in [0.25, 0.3) is 0 Å². The second-order valence-corrected chi connectivity index (χ2v) is 6.21. The van der Waals surface area contributed by atoms with E-state index in [0.29, 0.717) is 12.5 Å². The molecule has 168 valence electrons. The molecule has 0 saturated carbocycles. The molecular weight excluding hydrogens is 427 g/mol. The van der Waals surface area contributed by atoms with Crippen molar-refractivity contribution in [3.05, 3.63) is 53.3 Å². The monoisotopic (exact) mass is 446 g/mol. The summed E-state index contributed by atoms with van der Waals surface area (Å²) in [5.74, 6) is -7.13. The first-order chi connectivity index (χ1) is 14.7. The number of para-hydroxylation sites is 1. The number of hydrogen-bond donors (Lipinski definition) is 1. The molecule has 11 heteroatoms. The average molecular weight is 446 g/mol. The molecule has 0 aliphatic rings. The third-order valence-electron chi connectivity index (χ3n) is 4.06. The molecule has 2 rings (SSSR count). The predicted molar refractivity (Wildman–Crippen MR) is 101 cm³/mol. The van der Waals surface area contributed by atoms with Gasteiger partial charge in [-0.25, -0.2) is 13.2 Å². The van der Waals surface area contributed by atoms with Gasteiger partial charge in [0.25, 0.3) is 5.91 Å². The van der Waals surface area contributed by atoms with E-state index < -0.39 is 53.9 Å². The maximum atomic E-state index is 13.8. The second-order valence-electron chi connectivity index (χ2n) is 6.21. The van der Waals surface area contributed by atoms with Crippen LogP contribution in [0.2, 0.25) is 0 Å². The molecule has 1 N–H and O–H groups in total. The number of methoxy groups -OCH3 is 1. The number of hydrogen-bond acceptors (Lipinski definition) is 4. The third-order valence-corrected chi connectivity index (χ3v) is 4.06. The Morgan fingerprint density at radius 2 is 1.81 bits per heavy atom. The third kappa shape index (κ3) is 5.83. The summed E-state index contributed by atoms with van der Waals surface area (Å²) in [6.45, 7) is -2.11. The molecule has 0 spiro atoms. The number of alkyl halides is 2. The molecule has 0 aliphatic carbocycles. The van der Waals surface area contributed by atoms with E-state index in [1.807, 2.05) is 0 Å². The van der Waals surface area contributed by atoms with Crippen molar-refractivity contribution >= 4 is 17.5 Å². The number of rotatable bonds is 9. The van der Waals surface area contributed by atoms with Crippen LogP contribution in [0, 0.1) is 17.5 Å². The number of amides is 2. The average Bonchev–Trinajstić information content (AvgIpc) is 2.73. The molecule has 0 fully saturated rings. The summed E-state index contributed by atoms with van der Waals surface area (Å²) in [5.41, 5.74) is -0.893. The highest BCUT2D eigenvalue weighted by Gasteiger charge is 2.26. The van der Waals surface area contributed by atoms with Crippen molar-refractivity contribution in [1.82, 2.24) is 4.90 Å². The smallest absolute Gasteiger partial charge is 0.387 e. The summed E-state index contributed by atoms with van der Waals surface area (Å²) in [7, 11) is 1.20. The molecule has 0 aliphatic heterocycles. The topological polar surface area (TPSA) is 67.9 Å². The van der Waals surface area contributed by atoms with Crippen molar-refractivity contribution in [2.75, 3.05) is 25.5 Å². The minimum Gasteiger partial charge on any atom is -0.493 e. The Morgan fingerprint density at radius 1 is 1.10 bits per heavy atom. The van der Waals surface area contributed by atoms with Crippen molar-refractivity contribution in [1.29, 1.82) is 0 Å². The van der Waals surface area contributed by atoms with Crippen LogP contribution in [0.5, 0.6) is 11.5 Å². The number of nitrogens with zero attached hydrogens (tertiary/aromatic N) is 1. The molecule has 6 nitrogen and oxygen atoms in total. The Kier molecular flexibility index (Phi) is 8.17. The van der Waals surface area contributed by atoms with Crippen LogP contribution in [-0.4, -0.2) is 43.5 Å². The SMILES string of the molecule is CCCN(CC(=O)Nc1ccc(F)c(F)c1F)C(=O)c1cccc(OC)c1OC(F)F. The molecule has 2 amide bonds. The number of nitrogens with one attached hydrogen (secondary N) is 1. The summed E-state index contributed by atoms with van der Waals surface area (Å²) >= 11 is 0. The number of anilines is 1. The van der Waals surface area contributed by atoms with Crippen LogP contribution >= 0.6 is 0 Å². The van der Waals surface area contributed by atoms with E-state index in [4.69, 9.17) is 4.74 Å². The zero-order valence-electron chi connectivity index (χ0n) is 16.6. The van der Waals surface area contributed by atoms with Gasteiger partial charge < -0.3 is 19.7 Å². The van der Waals surface area contributed by atoms with Crippen molar-refractivity contribution in [2.45, 2.75) is 20.0 Å². The van der Waals surface area contributed by atoms with Gasteiger partial charge in [-0.1, -0.05) is 13.0 Å². The first-order valence-corrected chi connectivity index (χ1v) is 9.04. The highest BCUT2D eigenvalue weighted by Crippen LogP contribution is 2.33. The summed E-state index contributed by atoms with van der Waals surface area (Å²) < 4.78 is 75.2. The van der Waals surface area contributed by atoms with E-state index in [-0.39, 0.29) is 17.9 Å². The number of ether oxygens (including phenoxy) is 2. The van der Waals surface area contributed by atoms with Crippen LogP contribution in [0.15, 0.2) is 30.3 Å². The van der Waals surface area contributed by atoms with Crippen LogP contribution < -0.4 is 14.8 Å². The lowest BCUT2D eigenvalue weighted by atomic mass is 10.1. The van der Waals surface area contributed by atoms with Gasteiger partial charge in [-0.15, -0.1) is 0 Å². The zero-order valence-corrected chi connectivity index (χ0v) is 16.6. The molecule has 0 saturated heterocycles. The standard InChI is InChI=1S/C20H19F5N2O4/c1-3-9-27(10-15(28)26-13-8-7-12(21)16(22)17(13)23)19(29)11-5-4-6-14(30-2)18(11)31-20(24)25/h4-8,20H,3,9-10H2,1-2H3,(H,26,28). The van der Waals surface area contributed by atoms with Gasteiger partial charge in [0.2, 0.25) is 5.91 Å². The van der Waals surface area contributed by atoms with Crippen LogP contribution in [0.3, 0.4) is 0 Å². The largest absolute Gasteiger partial charge is 0.493 e. The molecule has 0 heterocycles. The number of carbonyl (C=O) groups is 2. The molecular formula is C20H19F5N2O4. The van der Waals surface area contributed by atoms with Crippen molar-refractivity contribution in [2.24, 2.45) is 0 Å². The van der Waals surface area contributed by atoms with Gasteiger partial charge in [0.1, 0.15) is 6.54 Å². The quantitative estimate of drug-likeness (QED) is 0.463. The molecule has 0 bridgehead atoms. The lowest BCUT2D eigenvalue weighted by molar-refractivity contribution is -0.117. The molecule has 0 unspecified atom stereocenters. The molecule has 2 aromatic rings. The normalized spacial score (nSPS) is 10.7. The second kappa shape index (κ2) is 10.6. The van der Waals surface area contributed by atoms with E-state index >= 15 is 0 Å². The molecule has 0 radical (unpaired) electrons. The fourth-order valence-corrected chi connectivity index (χ4v) is 2.73. The fraction of sp³-hybridized carbons (Fsp3) is 0.300. The Hall–Kier alpha value is -3.37. The zero-order chi connectivity index (χ0) is 23.1. The summed E-state index contributed by atoms with van der Waals surface area (Å²) in [5, 5.41) is 2.05. The Bertz CT molecular complexity index is 955. The molecule has 0 aromatic heterocycles. The van der Waals surface area contributed by atoms with Crippen LogP contribution in [0.1, 0.15) is 23.7 Å². The minimum absolute atomic E-state index is 0.0395. The first kappa shape index (κ1) is 23.9. The summed E-state index contributed by atoms with van der Waals surface area (Å²) in [6.07, 6.45) is 0.396. The molecule has 31 heavy (non-hydrogen) atoms. The van der Waals surface area contributed by atoms with Gasteiger partial charge in [0.15, 0.2) is 29.0 Å². The predicted octanol–water partition coefficient (Wildman–Crippen LogP) is 4.20. The van der Waals surface area contributed by atoms with Gasteiger partial charge in [0.05, 0.1) is 18.4 Å². The maximum Gasteiger partial charge on any atom is 0.387 e. The van der Waals surface area contributed by atoms with E-state index in [0.717, 1.165) is 11.0 Å². The van der Waals surface area contributed by atoms with Crippen molar-refractivity contribution < 1.29 is 41.0 Å². The Labute approximate surface area is 174 Å². The summed E-state index contributed by atoms with van der Waals surface area (Å²) in [6, 6.07) is 5.38. The highest BCUT2D eigenvalue weighted by molar-refractivity contribution is 6.01. The summed E-state index contributed by atoms with van der Waals surface area (Å²) in [4.78, 5) is 26.3. The lowest BCUT2D eigenvalue weighted by Crippen LogP contribution is -2.39. The Balaban J connectivity index is 2.27. The van der Waals surface area contributed by atoms with Crippen LogP contribution in [0.4, 0.5) is 27.6 Å². The van der Waals surface area contributed by atoms with Gasteiger partial charge >= 0.3 is 6.61 Å². The van der Waals surface area contributed by atoms with E-state index in [1.54, 1.807) is 6.92 Å². The van der Waals surface area contributed by atoms with Crippen LogP contribution in [-0.2, 0) is 4.79 Å². The van der Waals surface area contributed by atoms with E-state index in [2.05, 4.69) is 10.1 Å². The van der Waals surface area contributed by atoms with Gasteiger partial charge in [0, 0.05) is 6.54 Å². The molecule has 2 aromatic carbocycles. The molecule has 0 atom stereocenters. The van der Waals surface area contributed by atoms with Gasteiger partial charge in [-0.2, -0.15) is 8.78 Å². The highest BCUT2D eigenvalue weighted by atomic mass is 19.3. The van der Waals surface area contributed by atoms with E-state index in [9.17, 15) is 31.5 Å². The number of benzene rings is 2. The number of halogens is 5. The Morgan fingerprint density at radius 3 is 2.42 bits per heavy atom. The van der Waals surface area contributed by atoms with Crippen molar-refractivity contribution in [3.63, 3.8) is 0 Å². The lowest BCUT2D eigenvalue weighted by Gasteiger charge is -2.23. The fourth-order valence-electron chi connectivity index (χ4n) is 2.73. The minimum atomic E-state index is -3.23. The number of carbonyl (C=O) groups excluding carboxylic acids is 2. The maximum absolute atomic E-state index is 13.8. The van der Waals surface area contributed by atoms with Gasteiger partial charge in [-0.3, -0.25) is 9.59 Å². The first-order valence-electron chi connectivity index (χ1n) is 9.04. The van der Waals surface area contributed by atoms with E-state index in [1.165, 1.54) is 25.3 Å².